The van der Waals surface area contributed by atoms with E-state index in [1.165, 1.54) is 11.6 Å². The van der Waals surface area contributed by atoms with Crippen LogP contribution in [0, 0.1) is 18.7 Å². The zero-order chi connectivity index (χ0) is 21.5. The van der Waals surface area contributed by atoms with Crippen LogP contribution < -0.4 is 10.1 Å². The van der Waals surface area contributed by atoms with Crippen LogP contribution in [0.5, 0.6) is 5.75 Å². The van der Waals surface area contributed by atoms with Gasteiger partial charge in [-0.2, -0.15) is 0 Å². The van der Waals surface area contributed by atoms with Crippen LogP contribution in [0.15, 0.2) is 40.9 Å². The quantitative estimate of drug-likeness (QED) is 0.582. The highest BCUT2D eigenvalue weighted by Gasteiger charge is 2.33. The van der Waals surface area contributed by atoms with E-state index in [0.717, 1.165) is 41.8 Å². The fraction of sp³-hybridized carbons (Fsp3) is 0.375. The number of anilines is 1. The Morgan fingerprint density at radius 1 is 1.20 bits per heavy atom. The van der Waals surface area contributed by atoms with Gasteiger partial charge >= 0.3 is 0 Å². The van der Waals surface area contributed by atoms with Gasteiger partial charge in [0.2, 0.25) is 0 Å². The molecule has 2 heterocycles. The van der Waals surface area contributed by atoms with E-state index in [0.29, 0.717) is 22.7 Å². The SMILES string of the molecule is Cc1ccc(NC(=O)c2cc(Br)c3c(c2)C(C2CCOCC2)=CC(C)(C)O3)cc1F. The van der Waals surface area contributed by atoms with E-state index in [2.05, 4.69) is 27.3 Å². The summed E-state index contributed by atoms with van der Waals surface area (Å²) in [4.78, 5) is 12.9. The maximum absolute atomic E-state index is 13.9. The molecule has 2 aliphatic rings. The highest BCUT2D eigenvalue weighted by molar-refractivity contribution is 9.10. The Bertz CT molecular complexity index is 1030. The van der Waals surface area contributed by atoms with Crippen molar-refractivity contribution in [1.29, 1.82) is 0 Å². The molecule has 1 saturated heterocycles. The van der Waals surface area contributed by atoms with Gasteiger partial charge in [-0.25, -0.2) is 4.39 Å². The predicted molar refractivity (Wildman–Crippen MR) is 119 cm³/mol. The van der Waals surface area contributed by atoms with Crippen LogP contribution in [0.2, 0.25) is 0 Å². The number of carbonyl (C=O) groups excluding carboxylic acids is 1. The molecule has 1 N–H and O–H groups in total. The van der Waals surface area contributed by atoms with Gasteiger partial charge < -0.3 is 14.8 Å². The van der Waals surface area contributed by atoms with Gasteiger partial charge in [-0.15, -0.1) is 0 Å². The average Bonchev–Trinajstić information content (AvgIpc) is 2.71. The van der Waals surface area contributed by atoms with Crippen molar-refractivity contribution in [2.75, 3.05) is 18.5 Å². The number of aryl methyl sites for hydroxylation is 1. The Morgan fingerprint density at radius 2 is 1.93 bits per heavy atom. The zero-order valence-corrected chi connectivity index (χ0v) is 18.9. The van der Waals surface area contributed by atoms with Crippen LogP contribution in [0.3, 0.4) is 0 Å². The molecule has 6 heteroatoms. The summed E-state index contributed by atoms with van der Waals surface area (Å²) in [5.74, 6) is 0.469. The highest BCUT2D eigenvalue weighted by atomic mass is 79.9. The monoisotopic (exact) mass is 473 g/mol. The Labute approximate surface area is 184 Å². The van der Waals surface area contributed by atoms with E-state index >= 15 is 0 Å². The summed E-state index contributed by atoms with van der Waals surface area (Å²) in [7, 11) is 0. The van der Waals surface area contributed by atoms with Gasteiger partial charge in [-0.1, -0.05) is 6.07 Å². The first-order valence-electron chi connectivity index (χ1n) is 10.1. The summed E-state index contributed by atoms with van der Waals surface area (Å²) in [6.07, 6.45) is 4.05. The number of benzene rings is 2. The standard InChI is InChI=1S/C24H25BrFNO3/c1-14-4-5-17(12-21(14)26)27-23(28)16-10-18-19(15-6-8-29-9-7-15)13-24(2,3)30-22(18)20(25)11-16/h4-5,10-13,15H,6-9H2,1-3H3,(H,27,28). The van der Waals surface area contributed by atoms with Crippen LogP contribution in [0.4, 0.5) is 10.1 Å². The zero-order valence-electron chi connectivity index (χ0n) is 17.4. The lowest BCUT2D eigenvalue weighted by Gasteiger charge is -2.36. The number of nitrogens with one attached hydrogen (secondary N) is 1. The number of rotatable bonds is 3. The molecule has 2 aromatic rings. The highest BCUT2D eigenvalue weighted by Crippen LogP contribution is 2.46. The minimum atomic E-state index is -0.438. The Kier molecular flexibility index (Phi) is 5.73. The second-order valence-electron chi connectivity index (χ2n) is 8.44. The van der Waals surface area contributed by atoms with Crippen molar-refractivity contribution < 1.29 is 18.7 Å². The largest absolute Gasteiger partial charge is 0.482 e. The number of halogens is 2. The van der Waals surface area contributed by atoms with Crippen molar-refractivity contribution in [2.45, 2.75) is 39.2 Å². The van der Waals surface area contributed by atoms with Gasteiger partial charge in [0.25, 0.3) is 5.91 Å². The van der Waals surface area contributed by atoms with Gasteiger partial charge in [-0.05, 0) is 96.9 Å². The Hall–Kier alpha value is -2.18. The van der Waals surface area contributed by atoms with Crippen LogP contribution in [-0.2, 0) is 4.74 Å². The number of fused-ring (bicyclic) bond motifs is 1. The molecule has 0 aliphatic carbocycles. The summed E-state index contributed by atoms with van der Waals surface area (Å²) in [5, 5.41) is 2.79. The van der Waals surface area contributed by atoms with Gasteiger partial charge in [0, 0.05) is 30.0 Å². The van der Waals surface area contributed by atoms with Crippen LogP contribution in [-0.4, -0.2) is 24.7 Å². The molecule has 4 nitrogen and oxygen atoms in total. The minimum absolute atomic E-state index is 0.294. The van der Waals surface area contributed by atoms with Crippen molar-refractivity contribution >= 4 is 33.1 Å². The first kappa shape index (κ1) is 21.1. The molecule has 30 heavy (non-hydrogen) atoms. The molecule has 0 spiro atoms. The molecule has 0 bridgehead atoms. The summed E-state index contributed by atoms with van der Waals surface area (Å²) in [6.45, 7) is 7.23. The van der Waals surface area contributed by atoms with E-state index in [-0.39, 0.29) is 11.7 Å². The van der Waals surface area contributed by atoms with E-state index in [1.807, 2.05) is 19.9 Å². The lowest BCUT2D eigenvalue weighted by molar-refractivity contribution is 0.0793. The maximum atomic E-state index is 13.9. The van der Waals surface area contributed by atoms with E-state index in [1.54, 1.807) is 25.1 Å². The van der Waals surface area contributed by atoms with Crippen molar-refractivity contribution in [2.24, 2.45) is 5.92 Å². The third-order valence-electron chi connectivity index (χ3n) is 5.58. The minimum Gasteiger partial charge on any atom is -0.482 e. The topological polar surface area (TPSA) is 47.6 Å². The van der Waals surface area contributed by atoms with Crippen molar-refractivity contribution in [3.63, 3.8) is 0 Å². The number of hydrogen-bond acceptors (Lipinski definition) is 3. The number of amides is 1. The van der Waals surface area contributed by atoms with Crippen LogP contribution in [0.1, 0.15) is 48.2 Å². The first-order chi connectivity index (χ1) is 14.2. The fourth-order valence-electron chi connectivity index (χ4n) is 4.01. The third kappa shape index (κ3) is 4.30. The predicted octanol–water partition coefficient (Wildman–Crippen LogP) is 6.13. The second-order valence-corrected chi connectivity index (χ2v) is 9.30. The number of carbonyl (C=O) groups is 1. The van der Waals surface area contributed by atoms with E-state index in [4.69, 9.17) is 9.47 Å². The molecule has 2 aromatic carbocycles. The number of allylic oxidation sites excluding steroid dienone is 1. The molecule has 158 valence electrons. The molecular weight excluding hydrogens is 449 g/mol. The summed E-state index contributed by atoms with van der Waals surface area (Å²) in [6, 6.07) is 8.30. The summed E-state index contributed by atoms with van der Waals surface area (Å²) >= 11 is 3.59. The average molecular weight is 474 g/mol. The van der Waals surface area contributed by atoms with Crippen molar-refractivity contribution in [3.05, 3.63) is 63.4 Å². The maximum Gasteiger partial charge on any atom is 0.255 e. The first-order valence-corrected chi connectivity index (χ1v) is 10.9. The lowest BCUT2D eigenvalue weighted by Crippen LogP contribution is -2.31. The summed E-state index contributed by atoms with van der Waals surface area (Å²) < 4.78 is 26.3. The molecule has 2 aliphatic heterocycles. The smallest absolute Gasteiger partial charge is 0.255 e. The van der Waals surface area contributed by atoms with E-state index < -0.39 is 5.60 Å². The van der Waals surface area contributed by atoms with Gasteiger partial charge in [0.15, 0.2) is 0 Å². The fourth-order valence-corrected chi connectivity index (χ4v) is 4.55. The molecule has 4 rings (SSSR count). The van der Waals surface area contributed by atoms with Gasteiger partial charge in [-0.3, -0.25) is 4.79 Å². The number of hydrogen-bond donors (Lipinski definition) is 1. The third-order valence-corrected chi connectivity index (χ3v) is 6.16. The molecule has 0 aromatic heterocycles. The van der Waals surface area contributed by atoms with Gasteiger partial charge in [0.1, 0.15) is 17.2 Å². The molecule has 1 fully saturated rings. The Balaban J connectivity index is 1.69. The normalized spacial score (nSPS) is 18.2. The molecule has 0 saturated carbocycles. The van der Waals surface area contributed by atoms with Crippen molar-refractivity contribution in [3.8, 4) is 5.75 Å². The van der Waals surface area contributed by atoms with Gasteiger partial charge in [0.05, 0.1) is 4.47 Å². The molecular formula is C24H25BrFNO3. The number of ether oxygens (including phenoxy) is 2. The lowest BCUT2D eigenvalue weighted by atomic mass is 9.82. The summed E-state index contributed by atoms with van der Waals surface area (Å²) in [5.41, 5.74) is 3.14. The van der Waals surface area contributed by atoms with Crippen LogP contribution >= 0.6 is 15.9 Å². The molecule has 1 amide bonds. The Morgan fingerprint density at radius 3 is 2.63 bits per heavy atom. The van der Waals surface area contributed by atoms with Crippen molar-refractivity contribution in [1.82, 2.24) is 0 Å². The molecule has 0 atom stereocenters. The molecule has 0 radical (unpaired) electrons. The second kappa shape index (κ2) is 8.16. The van der Waals surface area contributed by atoms with E-state index in [9.17, 15) is 9.18 Å². The molecule has 0 unspecified atom stereocenters. The van der Waals surface area contributed by atoms with Crippen LogP contribution in [0.25, 0.3) is 5.57 Å².